The highest BCUT2D eigenvalue weighted by Gasteiger charge is 2.40. The fourth-order valence-corrected chi connectivity index (χ4v) is 2.57. The number of carbonyl (C=O) groups is 4. The fraction of sp³-hybridized carbons (Fsp3) is 0.375. The molecule has 0 fully saturated rings. The van der Waals surface area contributed by atoms with Gasteiger partial charge in [0.15, 0.2) is 0 Å². The van der Waals surface area contributed by atoms with E-state index in [4.69, 9.17) is 42.1 Å². The number of benzene rings is 1. The van der Waals surface area contributed by atoms with Gasteiger partial charge in [-0.05, 0) is 47.5 Å². The van der Waals surface area contributed by atoms with Gasteiger partial charge >= 0.3 is 34.4 Å². The highest BCUT2D eigenvalue weighted by atomic mass is 35.5. The third-order valence-corrected chi connectivity index (χ3v) is 3.42. The second-order valence-electron chi connectivity index (χ2n) is 5.02. The molecule has 0 spiro atoms. The predicted molar refractivity (Wildman–Crippen MR) is 88.6 cm³/mol. The van der Waals surface area contributed by atoms with Crippen LogP contribution in [-0.4, -0.2) is 23.9 Å². The number of hydrogen-bond acceptors (Lipinski definition) is 8. The Labute approximate surface area is 159 Å². The van der Waals surface area contributed by atoms with Crippen molar-refractivity contribution in [1.29, 1.82) is 0 Å². The molecule has 0 amide bonds. The summed E-state index contributed by atoms with van der Waals surface area (Å²) in [5, 5.41) is -4.40. The number of hydrogen-bond donors (Lipinski definition) is 0. The number of halogens is 2. The first-order valence-corrected chi connectivity index (χ1v) is 7.90. The zero-order valence-electron chi connectivity index (χ0n) is 14.3. The molecular formula is C16H16Cl2O8. The van der Waals surface area contributed by atoms with Gasteiger partial charge in [-0.2, -0.15) is 0 Å². The lowest BCUT2D eigenvalue weighted by Gasteiger charge is -2.28. The quantitative estimate of drug-likeness (QED) is 0.403. The molecule has 0 aliphatic rings. The summed E-state index contributed by atoms with van der Waals surface area (Å²) in [6.07, 6.45) is 0. The fourth-order valence-electron chi connectivity index (χ4n) is 1.89. The third kappa shape index (κ3) is 5.89. The standard InChI is InChI=1S/C16H16Cl2O8/c1-9(19)23-15(17,24-10(2)20)13-5-7-14(8-6-13)16(18,25-11(3)21)26-12(4)22/h5-8H,1-4H3. The molecule has 1 rings (SSSR count). The van der Waals surface area contributed by atoms with Gasteiger partial charge in [-0.15, -0.1) is 0 Å². The van der Waals surface area contributed by atoms with Crippen molar-refractivity contribution in [2.24, 2.45) is 0 Å². The Bertz CT molecular complexity index is 620. The van der Waals surface area contributed by atoms with E-state index in [9.17, 15) is 19.2 Å². The van der Waals surface area contributed by atoms with Crippen molar-refractivity contribution in [1.82, 2.24) is 0 Å². The van der Waals surface area contributed by atoms with Crippen LogP contribution in [0.5, 0.6) is 0 Å². The van der Waals surface area contributed by atoms with Crippen LogP contribution in [0.25, 0.3) is 0 Å². The molecule has 142 valence electrons. The van der Waals surface area contributed by atoms with Crippen LogP contribution < -0.4 is 0 Å². The van der Waals surface area contributed by atoms with Crippen LogP contribution in [0.2, 0.25) is 0 Å². The molecule has 26 heavy (non-hydrogen) atoms. The second-order valence-corrected chi connectivity index (χ2v) is 6.02. The molecule has 0 N–H and O–H groups in total. The number of rotatable bonds is 6. The Morgan fingerprint density at radius 3 is 0.962 bits per heavy atom. The molecule has 0 aliphatic heterocycles. The van der Waals surface area contributed by atoms with E-state index >= 15 is 0 Å². The normalized spacial score (nSPS) is 11.3. The summed E-state index contributed by atoms with van der Waals surface area (Å²) in [5.41, 5.74) is 0.135. The third-order valence-electron chi connectivity index (χ3n) is 2.67. The first-order valence-electron chi connectivity index (χ1n) is 7.15. The molecule has 0 saturated carbocycles. The Balaban J connectivity index is 3.28. The maximum atomic E-state index is 11.2. The van der Waals surface area contributed by atoms with Crippen LogP contribution in [0, 0.1) is 0 Å². The smallest absolute Gasteiger partial charge is 0.365 e. The van der Waals surface area contributed by atoms with Crippen LogP contribution in [-0.2, 0) is 48.6 Å². The summed E-state index contributed by atoms with van der Waals surface area (Å²) in [6, 6.07) is 5.16. The van der Waals surface area contributed by atoms with Gasteiger partial charge in [-0.1, -0.05) is 0 Å². The maximum Gasteiger partial charge on any atom is 0.365 e. The first kappa shape index (κ1) is 21.7. The van der Waals surface area contributed by atoms with E-state index in [1.165, 1.54) is 24.3 Å². The number of carbonyl (C=O) groups excluding carboxylic acids is 4. The Morgan fingerprint density at radius 1 is 0.615 bits per heavy atom. The van der Waals surface area contributed by atoms with Crippen molar-refractivity contribution in [3.05, 3.63) is 35.4 Å². The lowest BCUT2D eigenvalue weighted by atomic mass is 10.1. The zero-order valence-corrected chi connectivity index (χ0v) is 15.8. The SMILES string of the molecule is CC(=O)OC(Cl)(OC(C)=O)c1ccc(C(Cl)(OC(C)=O)OC(C)=O)cc1. The predicted octanol–water partition coefficient (Wildman–Crippen LogP) is 2.64. The average molecular weight is 407 g/mol. The molecule has 10 heteroatoms. The lowest BCUT2D eigenvalue weighted by molar-refractivity contribution is -0.203. The van der Waals surface area contributed by atoms with Crippen molar-refractivity contribution in [2.75, 3.05) is 0 Å². The van der Waals surface area contributed by atoms with E-state index in [-0.39, 0.29) is 11.1 Å². The molecule has 0 saturated heterocycles. The van der Waals surface area contributed by atoms with Gasteiger partial charge in [-0.25, -0.2) is 0 Å². The monoisotopic (exact) mass is 406 g/mol. The molecule has 0 bridgehead atoms. The van der Waals surface area contributed by atoms with E-state index in [1.54, 1.807) is 0 Å². The van der Waals surface area contributed by atoms with E-state index in [0.29, 0.717) is 0 Å². The van der Waals surface area contributed by atoms with Gasteiger partial charge in [0.1, 0.15) is 0 Å². The largest absolute Gasteiger partial charge is 0.404 e. The van der Waals surface area contributed by atoms with Crippen molar-refractivity contribution in [2.45, 2.75) is 38.2 Å². The molecule has 8 nitrogen and oxygen atoms in total. The van der Waals surface area contributed by atoms with Crippen molar-refractivity contribution in [3.63, 3.8) is 0 Å². The minimum absolute atomic E-state index is 0.0676. The number of ether oxygens (including phenoxy) is 4. The summed E-state index contributed by atoms with van der Waals surface area (Å²) in [5.74, 6) is -3.18. The van der Waals surface area contributed by atoms with Crippen molar-refractivity contribution < 1.29 is 38.1 Å². The Kier molecular flexibility index (Phi) is 7.00. The van der Waals surface area contributed by atoms with Crippen molar-refractivity contribution >= 4 is 47.1 Å². The van der Waals surface area contributed by atoms with Gasteiger partial charge in [0.2, 0.25) is 0 Å². The lowest BCUT2D eigenvalue weighted by Crippen LogP contribution is -2.32. The van der Waals surface area contributed by atoms with Gasteiger partial charge in [-0.3, -0.25) is 19.2 Å². The topological polar surface area (TPSA) is 105 Å². The molecule has 0 aromatic heterocycles. The van der Waals surface area contributed by atoms with Gasteiger partial charge in [0.25, 0.3) is 0 Å². The van der Waals surface area contributed by atoms with Gasteiger partial charge in [0, 0.05) is 27.7 Å². The molecule has 0 unspecified atom stereocenters. The highest BCUT2D eigenvalue weighted by molar-refractivity contribution is 6.23. The van der Waals surface area contributed by atoms with Gasteiger partial charge < -0.3 is 18.9 Å². The first-order chi connectivity index (χ1) is 11.9. The summed E-state index contributed by atoms with van der Waals surface area (Å²) in [4.78, 5) is 45.0. The van der Waals surface area contributed by atoms with E-state index in [2.05, 4.69) is 0 Å². The van der Waals surface area contributed by atoms with Crippen LogP contribution in [0.1, 0.15) is 38.8 Å². The van der Waals surface area contributed by atoms with Crippen molar-refractivity contribution in [3.8, 4) is 0 Å². The van der Waals surface area contributed by atoms with E-state index < -0.39 is 34.4 Å². The summed E-state index contributed by atoms with van der Waals surface area (Å²) >= 11 is 12.2. The molecular weight excluding hydrogens is 391 g/mol. The molecule has 0 radical (unpaired) electrons. The minimum atomic E-state index is -2.20. The Morgan fingerprint density at radius 2 is 0.808 bits per heavy atom. The molecule has 0 atom stereocenters. The molecule has 1 aromatic carbocycles. The molecule has 0 heterocycles. The summed E-state index contributed by atoms with van der Waals surface area (Å²) < 4.78 is 19.5. The average Bonchev–Trinajstić information content (AvgIpc) is 2.43. The van der Waals surface area contributed by atoms with Crippen LogP contribution in [0.3, 0.4) is 0 Å². The minimum Gasteiger partial charge on any atom is -0.404 e. The van der Waals surface area contributed by atoms with Crippen LogP contribution in [0.4, 0.5) is 0 Å². The second kappa shape index (κ2) is 8.37. The number of esters is 4. The summed E-state index contributed by atoms with van der Waals surface area (Å²) in [7, 11) is 0. The van der Waals surface area contributed by atoms with E-state index in [0.717, 1.165) is 27.7 Å². The van der Waals surface area contributed by atoms with Gasteiger partial charge in [0.05, 0.1) is 11.1 Å². The van der Waals surface area contributed by atoms with Crippen LogP contribution in [0.15, 0.2) is 24.3 Å². The number of alkyl halides is 2. The van der Waals surface area contributed by atoms with E-state index in [1.807, 2.05) is 0 Å². The summed E-state index contributed by atoms with van der Waals surface area (Å²) in [6.45, 7) is 4.33. The maximum absolute atomic E-state index is 11.2. The highest BCUT2D eigenvalue weighted by Crippen LogP contribution is 2.37. The molecule has 1 aromatic rings. The van der Waals surface area contributed by atoms with Crippen LogP contribution >= 0.6 is 23.2 Å². The zero-order chi connectivity index (χ0) is 20.1. The molecule has 0 aliphatic carbocycles. The Hall–Kier alpha value is -2.32.